The molecule has 0 amide bonds. The average Bonchev–Trinajstić information content (AvgIpc) is 2.59. The molecular weight excluding hydrogens is 249 g/mol. The maximum absolute atomic E-state index is 12.5. The van der Waals surface area contributed by atoms with E-state index in [4.69, 9.17) is 0 Å². The third-order valence-electron chi connectivity index (χ3n) is 2.42. The van der Waals surface area contributed by atoms with Crippen LogP contribution >= 0.6 is 11.3 Å². The summed E-state index contributed by atoms with van der Waals surface area (Å²) in [4.78, 5) is 11.0. The van der Waals surface area contributed by atoms with Gasteiger partial charge in [-0.1, -0.05) is 6.07 Å². The standard InChI is InChI=1S/C12H9F3OS/c1-7(16)4-8-6-17-11-5-9(12(13,14)15)2-3-10(8)11/h2-3,5-6H,4H2,1H3. The van der Waals surface area contributed by atoms with Crippen LogP contribution in [0.25, 0.3) is 10.1 Å². The molecule has 17 heavy (non-hydrogen) atoms. The summed E-state index contributed by atoms with van der Waals surface area (Å²) < 4.78 is 38.0. The number of Topliss-reactive ketones (excluding diaryl/α,β-unsaturated/α-hetero) is 1. The second-order valence-corrected chi connectivity index (χ2v) is 4.76. The largest absolute Gasteiger partial charge is 0.416 e. The third kappa shape index (κ3) is 2.49. The van der Waals surface area contributed by atoms with E-state index in [0.717, 1.165) is 23.1 Å². The molecule has 5 heteroatoms. The van der Waals surface area contributed by atoms with Gasteiger partial charge in [0.25, 0.3) is 0 Å². The van der Waals surface area contributed by atoms with Gasteiger partial charge in [-0.2, -0.15) is 13.2 Å². The fraction of sp³-hybridized carbons (Fsp3) is 0.250. The number of carbonyl (C=O) groups excluding carboxylic acids is 1. The summed E-state index contributed by atoms with van der Waals surface area (Å²) in [6, 6.07) is 3.62. The smallest absolute Gasteiger partial charge is 0.300 e. The fourth-order valence-electron chi connectivity index (χ4n) is 1.66. The summed E-state index contributed by atoms with van der Waals surface area (Å²) in [5.74, 6) is 0.00426. The number of benzene rings is 1. The molecule has 0 radical (unpaired) electrons. The van der Waals surface area contributed by atoms with Crippen molar-refractivity contribution in [2.24, 2.45) is 0 Å². The highest BCUT2D eigenvalue weighted by molar-refractivity contribution is 7.17. The van der Waals surface area contributed by atoms with Crippen molar-refractivity contribution in [3.8, 4) is 0 Å². The molecule has 2 rings (SSSR count). The van der Waals surface area contributed by atoms with E-state index in [1.54, 1.807) is 5.38 Å². The van der Waals surface area contributed by atoms with Crippen LogP contribution in [0.1, 0.15) is 18.1 Å². The van der Waals surface area contributed by atoms with Gasteiger partial charge in [0.2, 0.25) is 0 Å². The lowest BCUT2D eigenvalue weighted by Crippen LogP contribution is -2.04. The molecule has 1 aromatic carbocycles. The first-order chi connectivity index (χ1) is 7.88. The van der Waals surface area contributed by atoms with Gasteiger partial charge in [0.15, 0.2) is 0 Å². The third-order valence-corrected chi connectivity index (χ3v) is 3.42. The number of carbonyl (C=O) groups is 1. The van der Waals surface area contributed by atoms with Crippen molar-refractivity contribution < 1.29 is 18.0 Å². The minimum Gasteiger partial charge on any atom is -0.300 e. The van der Waals surface area contributed by atoms with E-state index in [1.807, 2.05) is 0 Å². The quantitative estimate of drug-likeness (QED) is 0.794. The molecule has 0 aliphatic carbocycles. The molecule has 0 bridgehead atoms. The van der Waals surface area contributed by atoms with Gasteiger partial charge in [-0.05, 0) is 35.4 Å². The van der Waals surface area contributed by atoms with Crippen molar-refractivity contribution in [2.45, 2.75) is 19.5 Å². The number of ketones is 1. The molecular formula is C12H9F3OS. The molecule has 1 heterocycles. The molecule has 1 nitrogen and oxygen atoms in total. The first kappa shape index (κ1) is 12.1. The maximum atomic E-state index is 12.5. The van der Waals surface area contributed by atoms with Crippen molar-refractivity contribution >= 4 is 27.2 Å². The van der Waals surface area contributed by atoms with Gasteiger partial charge >= 0.3 is 6.18 Å². The molecule has 0 saturated carbocycles. The van der Waals surface area contributed by atoms with Gasteiger partial charge in [0.1, 0.15) is 5.78 Å². The van der Waals surface area contributed by atoms with Gasteiger partial charge in [0.05, 0.1) is 5.56 Å². The van der Waals surface area contributed by atoms with Crippen LogP contribution < -0.4 is 0 Å². The molecule has 0 aliphatic rings. The maximum Gasteiger partial charge on any atom is 0.416 e. The Kier molecular flexibility index (Phi) is 2.95. The molecule has 0 atom stereocenters. The van der Waals surface area contributed by atoms with Crippen LogP contribution in [-0.2, 0) is 17.4 Å². The highest BCUT2D eigenvalue weighted by atomic mass is 32.1. The molecule has 0 unspecified atom stereocenters. The van der Waals surface area contributed by atoms with Crippen molar-refractivity contribution in [3.05, 3.63) is 34.7 Å². The summed E-state index contributed by atoms with van der Waals surface area (Å²) >= 11 is 1.23. The van der Waals surface area contributed by atoms with E-state index in [9.17, 15) is 18.0 Å². The number of hydrogen-bond acceptors (Lipinski definition) is 2. The van der Waals surface area contributed by atoms with Crippen molar-refractivity contribution in [1.29, 1.82) is 0 Å². The Morgan fingerprint density at radius 3 is 2.65 bits per heavy atom. The number of rotatable bonds is 2. The van der Waals surface area contributed by atoms with Gasteiger partial charge in [-0.25, -0.2) is 0 Å². The monoisotopic (exact) mass is 258 g/mol. The molecule has 0 spiro atoms. The second kappa shape index (κ2) is 4.14. The van der Waals surface area contributed by atoms with Crippen LogP contribution in [0, 0.1) is 0 Å². The van der Waals surface area contributed by atoms with Gasteiger partial charge in [-0.15, -0.1) is 11.3 Å². The number of thiophene rings is 1. The first-order valence-electron chi connectivity index (χ1n) is 4.94. The van der Waals surface area contributed by atoms with Crippen LogP contribution in [0.4, 0.5) is 13.2 Å². The van der Waals surface area contributed by atoms with E-state index in [0.29, 0.717) is 4.70 Å². The van der Waals surface area contributed by atoms with E-state index in [-0.39, 0.29) is 12.2 Å². The second-order valence-electron chi connectivity index (χ2n) is 3.85. The zero-order chi connectivity index (χ0) is 12.6. The Balaban J connectivity index is 2.48. The van der Waals surface area contributed by atoms with Crippen LogP contribution in [-0.4, -0.2) is 5.78 Å². The Labute approximate surface area is 99.9 Å². The van der Waals surface area contributed by atoms with E-state index in [2.05, 4.69) is 0 Å². The zero-order valence-corrected chi connectivity index (χ0v) is 9.78. The van der Waals surface area contributed by atoms with Gasteiger partial charge < -0.3 is 0 Å². The molecule has 2 aromatic rings. The fourth-order valence-corrected chi connectivity index (χ4v) is 2.67. The molecule has 0 saturated heterocycles. The number of alkyl halides is 3. The highest BCUT2D eigenvalue weighted by Crippen LogP contribution is 2.34. The summed E-state index contributed by atoms with van der Waals surface area (Å²) in [6.45, 7) is 1.47. The molecule has 90 valence electrons. The predicted molar refractivity (Wildman–Crippen MR) is 61.2 cm³/mol. The number of fused-ring (bicyclic) bond motifs is 1. The SMILES string of the molecule is CC(=O)Cc1csc2cc(C(F)(F)F)ccc12. The Morgan fingerprint density at radius 1 is 1.35 bits per heavy atom. The van der Waals surface area contributed by atoms with E-state index in [1.165, 1.54) is 24.3 Å². The number of halogens is 3. The summed E-state index contributed by atoms with van der Waals surface area (Å²) in [7, 11) is 0. The first-order valence-corrected chi connectivity index (χ1v) is 5.82. The van der Waals surface area contributed by atoms with E-state index < -0.39 is 11.7 Å². The minimum atomic E-state index is -4.32. The summed E-state index contributed by atoms with van der Waals surface area (Å²) in [6.07, 6.45) is -4.05. The molecule has 0 fully saturated rings. The Hall–Kier alpha value is -1.36. The van der Waals surface area contributed by atoms with Crippen molar-refractivity contribution in [1.82, 2.24) is 0 Å². The zero-order valence-electron chi connectivity index (χ0n) is 8.97. The predicted octanol–water partition coefficient (Wildman–Crippen LogP) is 4.05. The van der Waals surface area contributed by atoms with Crippen LogP contribution in [0.5, 0.6) is 0 Å². The highest BCUT2D eigenvalue weighted by Gasteiger charge is 2.30. The van der Waals surface area contributed by atoms with Crippen LogP contribution in [0.3, 0.4) is 0 Å². The van der Waals surface area contributed by atoms with E-state index >= 15 is 0 Å². The van der Waals surface area contributed by atoms with Gasteiger partial charge in [0, 0.05) is 11.1 Å². The van der Waals surface area contributed by atoms with Crippen LogP contribution in [0.2, 0.25) is 0 Å². The molecule has 0 aliphatic heterocycles. The molecule has 1 aromatic heterocycles. The van der Waals surface area contributed by atoms with Crippen molar-refractivity contribution in [2.75, 3.05) is 0 Å². The minimum absolute atomic E-state index is 0.00426. The summed E-state index contributed by atoms with van der Waals surface area (Å²) in [5.41, 5.74) is 0.146. The molecule has 0 N–H and O–H groups in total. The van der Waals surface area contributed by atoms with Crippen LogP contribution in [0.15, 0.2) is 23.6 Å². The lowest BCUT2D eigenvalue weighted by Gasteiger charge is -2.06. The number of hydrogen-bond donors (Lipinski definition) is 0. The van der Waals surface area contributed by atoms with Gasteiger partial charge in [-0.3, -0.25) is 4.79 Å². The normalized spacial score (nSPS) is 12.0. The average molecular weight is 258 g/mol. The Bertz CT molecular complexity index is 569. The lowest BCUT2D eigenvalue weighted by molar-refractivity contribution is -0.137. The Morgan fingerprint density at radius 2 is 2.06 bits per heavy atom. The topological polar surface area (TPSA) is 17.1 Å². The summed E-state index contributed by atoms with van der Waals surface area (Å²) in [5, 5.41) is 2.48. The van der Waals surface area contributed by atoms with Crippen molar-refractivity contribution in [3.63, 3.8) is 0 Å². The lowest BCUT2D eigenvalue weighted by atomic mass is 10.1.